The van der Waals surface area contributed by atoms with E-state index >= 15 is 0 Å². The number of hydrogen-bond acceptors (Lipinski definition) is 5. The highest BCUT2D eigenvalue weighted by molar-refractivity contribution is 7.92. The third-order valence-electron chi connectivity index (χ3n) is 2.65. The fraction of sp³-hybridized carbons (Fsp3) is 0.0833. The molecule has 0 fully saturated rings. The van der Waals surface area contributed by atoms with Gasteiger partial charge in [-0.3, -0.25) is 14.8 Å². The lowest BCUT2D eigenvalue weighted by Gasteiger charge is -2.10. The van der Waals surface area contributed by atoms with Crippen LogP contribution in [0.2, 0.25) is 5.15 Å². The molecule has 0 radical (unpaired) electrons. The summed E-state index contributed by atoms with van der Waals surface area (Å²) in [5, 5.41) is 10.9. The zero-order chi connectivity index (χ0) is 15.6. The van der Waals surface area contributed by atoms with E-state index in [4.69, 9.17) is 11.6 Å². The number of rotatable bonds is 4. The molecule has 0 atom stereocenters. The molecule has 2 aromatic rings. The number of nitrogens with zero attached hydrogens (tertiary/aromatic N) is 2. The fourth-order valence-electron chi connectivity index (χ4n) is 1.67. The number of benzene rings is 1. The predicted molar refractivity (Wildman–Crippen MR) is 77.9 cm³/mol. The summed E-state index contributed by atoms with van der Waals surface area (Å²) >= 11 is 5.68. The second-order valence-electron chi connectivity index (χ2n) is 4.18. The van der Waals surface area contributed by atoms with Gasteiger partial charge in [0.2, 0.25) is 0 Å². The smallest absolute Gasteiger partial charge is 0.270 e. The Kier molecular flexibility index (Phi) is 4.10. The van der Waals surface area contributed by atoms with Crippen LogP contribution >= 0.6 is 11.6 Å². The second-order valence-corrected chi connectivity index (χ2v) is 6.22. The van der Waals surface area contributed by atoms with Gasteiger partial charge >= 0.3 is 0 Å². The van der Waals surface area contributed by atoms with Crippen LogP contribution in [-0.2, 0) is 10.0 Å². The molecule has 0 spiro atoms. The van der Waals surface area contributed by atoms with Crippen LogP contribution in [0.4, 0.5) is 11.4 Å². The van der Waals surface area contributed by atoms with Gasteiger partial charge in [0, 0.05) is 18.3 Å². The van der Waals surface area contributed by atoms with Crippen LogP contribution in [0.15, 0.2) is 41.4 Å². The normalized spacial score (nSPS) is 11.1. The summed E-state index contributed by atoms with van der Waals surface area (Å²) in [6.45, 7) is 1.55. The van der Waals surface area contributed by atoms with Crippen LogP contribution in [0.3, 0.4) is 0 Å². The Hall–Kier alpha value is -2.19. The summed E-state index contributed by atoms with van der Waals surface area (Å²) in [5.74, 6) is 0. The number of non-ortho nitro benzene ring substituents is 1. The molecule has 2 rings (SSSR count). The van der Waals surface area contributed by atoms with Gasteiger partial charge in [-0.1, -0.05) is 17.7 Å². The number of nitrogens with one attached hydrogen (secondary N) is 1. The largest absolute Gasteiger partial charge is 0.279 e. The van der Waals surface area contributed by atoms with E-state index in [0.717, 1.165) is 6.07 Å². The maximum absolute atomic E-state index is 12.3. The first-order valence-corrected chi connectivity index (χ1v) is 7.55. The standard InChI is InChI=1S/C12H10ClN3O4S/c1-8-2-3-10(16(17)18)7-11(8)21(19,20)15-9-4-5-14-12(13)6-9/h2-7H,1H3,(H,14,15). The predicted octanol–water partition coefficient (Wildman–Crippen LogP) is 2.75. The van der Waals surface area contributed by atoms with Crippen LogP contribution in [0.1, 0.15) is 5.56 Å². The van der Waals surface area contributed by atoms with E-state index in [1.54, 1.807) is 6.92 Å². The molecule has 1 N–H and O–H groups in total. The van der Waals surface area contributed by atoms with Crippen molar-refractivity contribution in [2.24, 2.45) is 0 Å². The number of aryl methyl sites for hydroxylation is 1. The molecule has 0 aliphatic rings. The minimum Gasteiger partial charge on any atom is -0.279 e. The number of sulfonamides is 1. The van der Waals surface area contributed by atoms with Gasteiger partial charge in [0.05, 0.1) is 15.5 Å². The Morgan fingerprint density at radius 2 is 2.00 bits per heavy atom. The minimum absolute atomic E-state index is 0.131. The average Bonchev–Trinajstić information content (AvgIpc) is 2.38. The number of aromatic nitrogens is 1. The fourth-order valence-corrected chi connectivity index (χ4v) is 3.16. The maximum atomic E-state index is 12.3. The molecule has 110 valence electrons. The van der Waals surface area contributed by atoms with Gasteiger partial charge in [0.25, 0.3) is 15.7 Å². The van der Waals surface area contributed by atoms with Crippen molar-refractivity contribution >= 4 is 33.0 Å². The van der Waals surface area contributed by atoms with Crippen LogP contribution in [0.5, 0.6) is 0 Å². The second kappa shape index (κ2) is 5.66. The number of nitro benzene ring substituents is 1. The number of nitro groups is 1. The van der Waals surface area contributed by atoms with E-state index in [2.05, 4.69) is 9.71 Å². The molecule has 0 amide bonds. The van der Waals surface area contributed by atoms with Crippen LogP contribution in [0.25, 0.3) is 0 Å². The Labute approximate surface area is 125 Å². The first kappa shape index (κ1) is 15.2. The first-order valence-electron chi connectivity index (χ1n) is 5.69. The van der Waals surface area contributed by atoms with E-state index in [0.29, 0.717) is 5.56 Å². The Morgan fingerprint density at radius 1 is 1.29 bits per heavy atom. The van der Waals surface area contributed by atoms with E-state index < -0.39 is 14.9 Å². The Bertz CT molecular complexity index is 808. The van der Waals surface area contributed by atoms with Crippen molar-refractivity contribution in [2.75, 3.05) is 4.72 Å². The number of halogens is 1. The Balaban J connectivity index is 2.44. The van der Waals surface area contributed by atoms with Crippen molar-refractivity contribution in [3.63, 3.8) is 0 Å². The summed E-state index contributed by atoms with van der Waals surface area (Å²) in [6.07, 6.45) is 1.35. The number of anilines is 1. The van der Waals surface area contributed by atoms with Gasteiger partial charge < -0.3 is 0 Å². The molecule has 0 aliphatic heterocycles. The van der Waals surface area contributed by atoms with Crippen molar-refractivity contribution < 1.29 is 13.3 Å². The SMILES string of the molecule is Cc1ccc([N+](=O)[O-])cc1S(=O)(=O)Nc1ccnc(Cl)c1. The highest BCUT2D eigenvalue weighted by atomic mass is 35.5. The molecule has 1 heterocycles. The molecule has 0 aliphatic carbocycles. The summed E-state index contributed by atoms with van der Waals surface area (Å²) < 4.78 is 26.9. The molecule has 0 bridgehead atoms. The molecule has 7 nitrogen and oxygen atoms in total. The van der Waals surface area contributed by atoms with E-state index in [-0.39, 0.29) is 21.4 Å². The molecule has 0 saturated carbocycles. The number of pyridine rings is 1. The summed E-state index contributed by atoms with van der Waals surface area (Å²) in [4.78, 5) is 13.7. The van der Waals surface area contributed by atoms with Gasteiger partial charge in [-0.25, -0.2) is 13.4 Å². The molecule has 1 aromatic heterocycles. The topological polar surface area (TPSA) is 102 Å². The van der Waals surface area contributed by atoms with Crippen molar-refractivity contribution in [1.29, 1.82) is 0 Å². The lowest BCUT2D eigenvalue weighted by molar-refractivity contribution is -0.385. The highest BCUT2D eigenvalue weighted by Gasteiger charge is 2.20. The molecular weight excluding hydrogens is 318 g/mol. The van der Waals surface area contributed by atoms with E-state index in [9.17, 15) is 18.5 Å². The van der Waals surface area contributed by atoms with Crippen LogP contribution in [-0.4, -0.2) is 18.3 Å². The third-order valence-corrected chi connectivity index (χ3v) is 4.38. The quantitative estimate of drug-likeness (QED) is 0.528. The molecular formula is C12H10ClN3O4S. The highest BCUT2D eigenvalue weighted by Crippen LogP contribution is 2.24. The Morgan fingerprint density at radius 3 is 2.62 bits per heavy atom. The zero-order valence-corrected chi connectivity index (χ0v) is 12.4. The lowest BCUT2D eigenvalue weighted by atomic mass is 10.2. The third kappa shape index (κ3) is 3.47. The monoisotopic (exact) mass is 327 g/mol. The lowest BCUT2D eigenvalue weighted by Crippen LogP contribution is -2.14. The zero-order valence-electron chi connectivity index (χ0n) is 10.8. The average molecular weight is 328 g/mol. The van der Waals surface area contributed by atoms with Gasteiger partial charge in [0.15, 0.2) is 0 Å². The van der Waals surface area contributed by atoms with Gasteiger partial charge in [0.1, 0.15) is 5.15 Å². The summed E-state index contributed by atoms with van der Waals surface area (Å²) in [5.41, 5.74) is 0.322. The van der Waals surface area contributed by atoms with Crippen LogP contribution < -0.4 is 4.72 Å². The molecule has 21 heavy (non-hydrogen) atoms. The molecule has 9 heteroatoms. The van der Waals surface area contributed by atoms with Crippen LogP contribution in [0, 0.1) is 17.0 Å². The van der Waals surface area contributed by atoms with Crippen molar-refractivity contribution in [2.45, 2.75) is 11.8 Å². The molecule has 0 saturated heterocycles. The molecule has 0 unspecified atom stereocenters. The van der Waals surface area contributed by atoms with Gasteiger partial charge in [-0.05, 0) is 24.6 Å². The van der Waals surface area contributed by atoms with E-state index in [1.807, 2.05) is 0 Å². The molecule has 1 aromatic carbocycles. The van der Waals surface area contributed by atoms with Gasteiger partial charge in [-0.15, -0.1) is 0 Å². The van der Waals surface area contributed by atoms with Gasteiger partial charge in [-0.2, -0.15) is 0 Å². The summed E-state index contributed by atoms with van der Waals surface area (Å²) in [7, 11) is -3.96. The first-order chi connectivity index (χ1) is 9.79. The minimum atomic E-state index is -3.96. The summed E-state index contributed by atoms with van der Waals surface area (Å²) in [6, 6.07) is 6.41. The van der Waals surface area contributed by atoms with Crippen molar-refractivity contribution in [3.8, 4) is 0 Å². The number of hydrogen-bond donors (Lipinski definition) is 1. The van der Waals surface area contributed by atoms with Crippen molar-refractivity contribution in [1.82, 2.24) is 4.98 Å². The maximum Gasteiger partial charge on any atom is 0.270 e. The van der Waals surface area contributed by atoms with Crippen molar-refractivity contribution in [3.05, 3.63) is 57.4 Å². The van der Waals surface area contributed by atoms with E-state index in [1.165, 1.54) is 30.5 Å².